The topological polar surface area (TPSA) is 59.9 Å². The molecular formula is C6H3IN2O2S. The third-order valence-electron chi connectivity index (χ3n) is 1.46. The van der Waals surface area contributed by atoms with Gasteiger partial charge in [0, 0.05) is 15.3 Å². The van der Waals surface area contributed by atoms with Gasteiger partial charge in [-0.15, -0.1) is 0 Å². The number of aromatic nitrogens is 2. The number of hydrogen-bond acceptors (Lipinski definition) is 4. The minimum Gasteiger partial charge on any atom is -0.244 e. The zero-order valence-corrected chi connectivity index (χ0v) is 8.70. The van der Waals surface area contributed by atoms with Crippen molar-refractivity contribution in [2.24, 2.45) is 0 Å². The van der Waals surface area contributed by atoms with Crippen molar-refractivity contribution in [2.45, 2.75) is 5.03 Å². The molecule has 0 saturated heterocycles. The molecule has 2 rings (SSSR count). The van der Waals surface area contributed by atoms with Crippen LogP contribution >= 0.6 is 22.6 Å². The second-order valence-corrected chi connectivity index (χ2v) is 5.13. The third kappa shape index (κ3) is 1.06. The van der Waals surface area contributed by atoms with Crippen LogP contribution in [0, 0.1) is 0 Å². The van der Waals surface area contributed by atoms with Crippen LogP contribution in [0.1, 0.15) is 5.56 Å². The smallest absolute Gasteiger partial charge is 0.218 e. The van der Waals surface area contributed by atoms with Gasteiger partial charge in [-0.05, 0) is 22.6 Å². The molecule has 0 bridgehead atoms. The van der Waals surface area contributed by atoms with Crippen molar-refractivity contribution in [1.29, 1.82) is 0 Å². The van der Waals surface area contributed by atoms with E-state index in [4.69, 9.17) is 0 Å². The number of nitrogens with zero attached hydrogens (tertiary/aromatic N) is 2. The molecule has 1 aliphatic rings. The molecule has 0 fully saturated rings. The van der Waals surface area contributed by atoms with Crippen LogP contribution in [0.2, 0.25) is 0 Å². The summed E-state index contributed by atoms with van der Waals surface area (Å²) >= 11 is 1.95. The molecule has 0 atom stereocenters. The van der Waals surface area contributed by atoms with Crippen molar-refractivity contribution in [3.63, 3.8) is 0 Å². The Labute approximate surface area is 82.8 Å². The van der Waals surface area contributed by atoms with Gasteiger partial charge in [0.1, 0.15) is 6.33 Å². The molecule has 0 aliphatic carbocycles. The molecule has 1 aromatic rings. The van der Waals surface area contributed by atoms with Crippen LogP contribution in [0.3, 0.4) is 0 Å². The van der Waals surface area contributed by atoms with E-state index in [-0.39, 0.29) is 5.03 Å². The molecule has 0 radical (unpaired) electrons. The van der Waals surface area contributed by atoms with E-state index in [0.29, 0.717) is 9.14 Å². The maximum atomic E-state index is 11.3. The summed E-state index contributed by atoms with van der Waals surface area (Å²) in [6.07, 6.45) is 2.74. The van der Waals surface area contributed by atoms with Gasteiger partial charge in [-0.2, -0.15) is 0 Å². The van der Waals surface area contributed by atoms with Gasteiger partial charge in [0.2, 0.25) is 9.84 Å². The molecule has 0 saturated carbocycles. The van der Waals surface area contributed by atoms with Crippen LogP contribution in [-0.4, -0.2) is 18.4 Å². The molecule has 0 unspecified atom stereocenters. The number of hydrogen-bond donors (Lipinski definition) is 0. The van der Waals surface area contributed by atoms with Gasteiger partial charge in [0.15, 0.2) is 5.03 Å². The lowest BCUT2D eigenvalue weighted by Crippen LogP contribution is -1.97. The maximum absolute atomic E-state index is 11.3. The van der Waals surface area contributed by atoms with Crippen LogP contribution in [0.15, 0.2) is 23.0 Å². The molecule has 1 aliphatic heterocycles. The molecule has 2 heterocycles. The lowest BCUT2D eigenvalue weighted by atomic mass is 10.3. The van der Waals surface area contributed by atoms with Crippen molar-refractivity contribution >= 4 is 36.0 Å². The Kier molecular flexibility index (Phi) is 1.69. The fourth-order valence-corrected chi connectivity index (χ4v) is 3.72. The summed E-state index contributed by atoms with van der Waals surface area (Å²) in [6.45, 7) is 0. The van der Waals surface area contributed by atoms with E-state index in [1.807, 2.05) is 22.6 Å². The van der Waals surface area contributed by atoms with Crippen LogP contribution in [-0.2, 0) is 9.84 Å². The Balaban J connectivity index is 2.86. The van der Waals surface area contributed by atoms with Crippen LogP contribution in [0.25, 0.3) is 3.58 Å². The highest BCUT2D eigenvalue weighted by Crippen LogP contribution is 2.34. The molecular weight excluding hydrogens is 291 g/mol. The monoisotopic (exact) mass is 294 g/mol. The van der Waals surface area contributed by atoms with Gasteiger partial charge >= 0.3 is 0 Å². The highest BCUT2D eigenvalue weighted by Gasteiger charge is 2.26. The standard InChI is InChI=1S/C6H3IN2O2S/c7-5-2-12(10,11)6-4(5)1-8-3-9-6/h1-3H. The summed E-state index contributed by atoms with van der Waals surface area (Å²) in [5, 5.41) is 1.31. The number of sulfone groups is 1. The highest BCUT2D eigenvalue weighted by atomic mass is 127. The van der Waals surface area contributed by atoms with E-state index < -0.39 is 9.84 Å². The molecule has 1 aromatic heterocycles. The lowest BCUT2D eigenvalue weighted by molar-refractivity contribution is 0.601. The number of fused-ring (bicyclic) bond motifs is 1. The van der Waals surface area contributed by atoms with Gasteiger partial charge in [0.25, 0.3) is 0 Å². The summed E-state index contributed by atoms with van der Waals surface area (Å²) in [5.74, 6) is 0. The second-order valence-electron chi connectivity index (χ2n) is 2.25. The zero-order valence-electron chi connectivity index (χ0n) is 5.73. The van der Waals surface area contributed by atoms with Crippen LogP contribution in [0.5, 0.6) is 0 Å². The lowest BCUT2D eigenvalue weighted by Gasteiger charge is -1.94. The van der Waals surface area contributed by atoms with Crippen molar-refractivity contribution in [3.8, 4) is 0 Å². The second kappa shape index (κ2) is 2.49. The molecule has 4 nitrogen and oxygen atoms in total. The quantitative estimate of drug-likeness (QED) is 0.529. The fourth-order valence-electron chi connectivity index (χ4n) is 0.964. The number of halogens is 1. The maximum Gasteiger partial charge on any atom is 0.218 e. The van der Waals surface area contributed by atoms with Crippen molar-refractivity contribution < 1.29 is 8.42 Å². The number of rotatable bonds is 0. The van der Waals surface area contributed by atoms with Gasteiger partial charge in [0.05, 0.1) is 5.41 Å². The molecule has 0 amide bonds. The van der Waals surface area contributed by atoms with E-state index in [2.05, 4.69) is 9.97 Å². The van der Waals surface area contributed by atoms with Crippen molar-refractivity contribution in [2.75, 3.05) is 0 Å². The molecule has 0 N–H and O–H groups in total. The van der Waals surface area contributed by atoms with Crippen LogP contribution < -0.4 is 0 Å². The van der Waals surface area contributed by atoms with E-state index in [1.54, 1.807) is 0 Å². The predicted octanol–water partition coefficient (Wildman–Crippen LogP) is 0.997. The van der Waals surface area contributed by atoms with Gasteiger partial charge in [-0.25, -0.2) is 18.4 Å². The highest BCUT2D eigenvalue weighted by molar-refractivity contribution is 14.1. The van der Waals surface area contributed by atoms with Gasteiger partial charge in [-0.3, -0.25) is 0 Å². The first-order chi connectivity index (χ1) is 5.61. The van der Waals surface area contributed by atoms with Gasteiger partial charge < -0.3 is 0 Å². The minimum atomic E-state index is -3.28. The first-order valence-electron chi connectivity index (χ1n) is 3.04. The van der Waals surface area contributed by atoms with Crippen molar-refractivity contribution in [3.05, 3.63) is 23.5 Å². The average molecular weight is 294 g/mol. The zero-order chi connectivity index (χ0) is 8.77. The van der Waals surface area contributed by atoms with E-state index in [9.17, 15) is 8.42 Å². The summed E-state index contributed by atoms with van der Waals surface area (Å²) < 4.78 is 23.3. The minimum absolute atomic E-state index is 0.113. The normalized spacial score (nSPS) is 18.6. The average Bonchev–Trinajstić information content (AvgIpc) is 2.25. The molecule has 0 spiro atoms. The Hall–Kier alpha value is -0.500. The first-order valence-corrected chi connectivity index (χ1v) is 5.66. The Morgan fingerprint density at radius 2 is 2.17 bits per heavy atom. The molecule has 62 valence electrons. The Morgan fingerprint density at radius 1 is 1.42 bits per heavy atom. The summed E-state index contributed by atoms with van der Waals surface area (Å²) in [4.78, 5) is 7.46. The predicted molar refractivity (Wildman–Crippen MR) is 51.2 cm³/mol. The Bertz CT molecular complexity index is 466. The molecule has 0 aromatic carbocycles. The Morgan fingerprint density at radius 3 is 2.83 bits per heavy atom. The summed E-state index contributed by atoms with van der Waals surface area (Å²) in [6, 6.07) is 0. The van der Waals surface area contributed by atoms with E-state index in [1.165, 1.54) is 17.9 Å². The summed E-state index contributed by atoms with van der Waals surface area (Å²) in [5.41, 5.74) is 0.595. The first kappa shape index (κ1) is 8.11. The SMILES string of the molecule is O=S1(=O)C=C(I)c2cncnc21. The van der Waals surface area contributed by atoms with E-state index in [0.717, 1.165) is 0 Å². The largest absolute Gasteiger partial charge is 0.244 e. The van der Waals surface area contributed by atoms with Gasteiger partial charge in [-0.1, -0.05) is 0 Å². The molecule has 6 heteroatoms. The van der Waals surface area contributed by atoms with Crippen LogP contribution in [0.4, 0.5) is 0 Å². The molecule has 12 heavy (non-hydrogen) atoms. The third-order valence-corrected chi connectivity index (χ3v) is 4.19. The summed E-state index contributed by atoms with van der Waals surface area (Å²) in [7, 11) is -3.28. The fraction of sp³-hybridized carbons (Fsp3) is 0. The van der Waals surface area contributed by atoms with Crippen molar-refractivity contribution in [1.82, 2.24) is 9.97 Å². The van der Waals surface area contributed by atoms with E-state index >= 15 is 0 Å².